The maximum atomic E-state index is 5.96. The van der Waals surface area contributed by atoms with Crippen molar-refractivity contribution in [2.75, 3.05) is 0 Å². The van der Waals surface area contributed by atoms with Crippen molar-refractivity contribution in [3.05, 3.63) is 54.1 Å². The zero-order chi connectivity index (χ0) is 14.4. The van der Waals surface area contributed by atoms with E-state index in [0.717, 1.165) is 17.0 Å². The summed E-state index contributed by atoms with van der Waals surface area (Å²) in [4.78, 5) is 12.7. The summed E-state index contributed by atoms with van der Waals surface area (Å²) in [6, 6.07) is 8.11. The lowest BCUT2D eigenvalue weighted by molar-refractivity contribution is 0.564. The smallest absolute Gasteiger partial charge is 0.229 e. The van der Waals surface area contributed by atoms with Crippen LogP contribution < -0.4 is 4.43 Å². The first-order valence-electron chi connectivity index (χ1n) is 6.71. The van der Waals surface area contributed by atoms with Crippen LogP contribution >= 0.6 is 0 Å². The SMILES string of the molecule is CC(N=Cc1cnccn1)c1ccccc1O[SiH](C)C. The molecule has 0 spiro atoms. The zero-order valence-electron chi connectivity index (χ0n) is 12.0. The van der Waals surface area contributed by atoms with Crippen molar-refractivity contribution in [2.24, 2.45) is 4.99 Å². The number of rotatable bonds is 5. The number of hydrogen-bond acceptors (Lipinski definition) is 4. The maximum Gasteiger partial charge on any atom is 0.229 e. The second-order valence-corrected chi connectivity index (χ2v) is 7.12. The van der Waals surface area contributed by atoms with Gasteiger partial charge in [-0.2, -0.15) is 0 Å². The van der Waals surface area contributed by atoms with Crippen LogP contribution in [0.1, 0.15) is 24.2 Å². The molecule has 4 nitrogen and oxygen atoms in total. The first-order valence-corrected chi connectivity index (χ1v) is 9.49. The van der Waals surface area contributed by atoms with Crippen molar-refractivity contribution in [2.45, 2.75) is 26.1 Å². The van der Waals surface area contributed by atoms with Gasteiger partial charge in [-0.3, -0.25) is 15.0 Å². The van der Waals surface area contributed by atoms with E-state index >= 15 is 0 Å². The van der Waals surface area contributed by atoms with Gasteiger partial charge in [0.05, 0.1) is 17.9 Å². The Labute approximate surface area is 121 Å². The van der Waals surface area contributed by atoms with E-state index in [4.69, 9.17) is 4.43 Å². The van der Waals surface area contributed by atoms with Gasteiger partial charge in [-0.1, -0.05) is 18.2 Å². The number of hydrogen-bond donors (Lipinski definition) is 0. The molecule has 0 saturated carbocycles. The monoisotopic (exact) mass is 285 g/mol. The molecule has 1 unspecified atom stereocenters. The Hall–Kier alpha value is -2.01. The minimum absolute atomic E-state index is 0.0287. The van der Waals surface area contributed by atoms with Gasteiger partial charge in [0.2, 0.25) is 9.04 Å². The average molecular weight is 285 g/mol. The Balaban J connectivity index is 2.17. The molecule has 0 aliphatic heterocycles. The minimum Gasteiger partial charge on any atom is -0.547 e. The number of nitrogens with zero attached hydrogens (tertiary/aromatic N) is 3. The highest BCUT2D eigenvalue weighted by molar-refractivity contribution is 6.49. The molecule has 104 valence electrons. The molecule has 1 atom stereocenters. The zero-order valence-corrected chi connectivity index (χ0v) is 13.2. The van der Waals surface area contributed by atoms with Gasteiger partial charge < -0.3 is 4.43 Å². The average Bonchev–Trinajstić information content (AvgIpc) is 2.46. The van der Waals surface area contributed by atoms with Gasteiger partial charge in [0.1, 0.15) is 5.75 Å². The highest BCUT2D eigenvalue weighted by atomic mass is 28.3. The molecule has 0 amide bonds. The Morgan fingerprint density at radius 1 is 1.25 bits per heavy atom. The van der Waals surface area contributed by atoms with Crippen LogP contribution in [0.4, 0.5) is 0 Å². The topological polar surface area (TPSA) is 47.4 Å². The van der Waals surface area contributed by atoms with Crippen molar-refractivity contribution in [1.82, 2.24) is 9.97 Å². The van der Waals surface area contributed by atoms with Crippen molar-refractivity contribution in [3.63, 3.8) is 0 Å². The van der Waals surface area contributed by atoms with Crippen LogP contribution in [0.15, 0.2) is 47.8 Å². The Bertz CT molecular complexity index is 572. The van der Waals surface area contributed by atoms with Gasteiger partial charge in [-0.15, -0.1) is 0 Å². The van der Waals surface area contributed by atoms with Gasteiger partial charge in [-0.05, 0) is 26.1 Å². The standard InChI is InChI=1S/C15H19N3OSi/c1-12(18-11-13-10-16-8-9-17-13)14-6-4-5-7-15(14)19-20(2)3/h4-12,20H,1-3H3. The largest absolute Gasteiger partial charge is 0.547 e. The van der Waals surface area contributed by atoms with Crippen molar-refractivity contribution in [1.29, 1.82) is 0 Å². The lowest BCUT2D eigenvalue weighted by Gasteiger charge is -2.16. The molecule has 0 aliphatic carbocycles. The fourth-order valence-electron chi connectivity index (χ4n) is 1.83. The lowest BCUT2D eigenvalue weighted by Crippen LogP contribution is -2.13. The Morgan fingerprint density at radius 3 is 2.75 bits per heavy atom. The fourth-order valence-corrected chi connectivity index (χ4v) is 2.56. The molecule has 1 aromatic heterocycles. The second-order valence-electron chi connectivity index (χ2n) is 4.79. The first kappa shape index (κ1) is 14.4. The molecular weight excluding hydrogens is 266 g/mol. The summed E-state index contributed by atoms with van der Waals surface area (Å²) in [7, 11) is -1.12. The molecule has 0 saturated heterocycles. The van der Waals surface area contributed by atoms with Crippen LogP contribution in [0.3, 0.4) is 0 Å². The summed E-state index contributed by atoms with van der Waals surface area (Å²) in [6.07, 6.45) is 6.76. The van der Waals surface area contributed by atoms with E-state index in [1.54, 1.807) is 24.8 Å². The fraction of sp³-hybridized carbons (Fsp3) is 0.267. The lowest BCUT2D eigenvalue weighted by atomic mass is 10.1. The molecule has 2 aromatic rings. The van der Waals surface area contributed by atoms with Crippen molar-refractivity contribution >= 4 is 15.3 Å². The summed E-state index contributed by atoms with van der Waals surface area (Å²) in [5, 5.41) is 0. The summed E-state index contributed by atoms with van der Waals surface area (Å²) in [5.41, 5.74) is 1.87. The van der Waals surface area contributed by atoms with Crippen LogP contribution in [0.5, 0.6) is 5.75 Å². The van der Waals surface area contributed by atoms with Crippen molar-refractivity contribution < 1.29 is 4.43 Å². The molecule has 0 N–H and O–H groups in total. The third-order valence-corrected chi connectivity index (χ3v) is 3.47. The molecule has 0 aliphatic rings. The van der Waals surface area contributed by atoms with E-state index in [-0.39, 0.29) is 6.04 Å². The van der Waals surface area contributed by atoms with Gasteiger partial charge in [0, 0.05) is 24.2 Å². The first-order chi connectivity index (χ1) is 9.66. The molecule has 5 heteroatoms. The molecule has 0 fully saturated rings. The molecule has 2 rings (SSSR count). The predicted molar refractivity (Wildman–Crippen MR) is 84.0 cm³/mol. The van der Waals surface area contributed by atoms with E-state index in [9.17, 15) is 0 Å². The third-order valence-electron chi connectivity index (χ3n) is 2.75. The normalized spacial score (nSPS) is 12.8. The van der Waals surface area contributed by atoms with Crippen LogP contribution in [-0.2, 0) is 0 Å². The van der Waals surface area contributed by atoms with E-state index in [1.807, 2.05) is 18.2 Å². The van der Waals surface area contributed by atoms with Crippen LogP contribution in [0.2, 0.25) is 13.1 Å². The van der Waals surface area contributed by atoms with E-state index < -0.39 is 9.04 Å². The van der Waals surface area contributed by atoms with E-state index in [2.05, 4.69) is 41.0 Å². The van der Waals surface area contributed by atoms with Gasteiger partial charge in [-0.25, -0.2) is 0 Å². The molecule has 0 bridgehead atoms. The summed E-state index contributed by atoms with van der Waals surface area (Å²) < 4.78 is 5.96. The summed E-state index contributed by atoms with van der Waals surface area (Å²) in [5.74, 6) is 0.943. The minimum atomic E-state index is -1.12. The highest BCUT2D eigenvalue weighted by Crippen LogP contribution is 2.27. The number of benzene rings is 1. The van der Waals surface area contributed by atoms with Gasteiger partial charge >= 0.3 is 0 Å². The van der Waals surface area contributed by atoms with Crippen molar-refractivity contribution in [3.8, 4) is 5.75 Å². The van der Waals surface area contributed by atoms with Crippen LogP contribution in [0, 0.1) is 0 Å². The molecular formula is C15H19N3OSi. The summed E-state index contributed by atoms with van der Waals surface area (Å²) >= 11 is 0. The Morgan fingerprint density at radius 2 is 2.05 bits per heavy atom. The predicted octanol–water partition coefficient (Wildman–Crippen LogP) is 3.02. The highest BCUT2D eigenvalue weighted by Gasteiger charge is 2.10. The quantitative estimate of drug-likeness (QED) is 0.626. The van der Waals surface area contributed by atoms with E-state index in [1.165, 1.54) is 0 Å². The molecule has 20 heavy (non-hydrogen) atoms. The number of aliphatic imine (C=N–C) groups is 1. The number of para-hydroxylation sites is 1. The molecule has 0 radical (unpaired) electrons. The van der Waals surface area contributed by atoms with E-state index in [0.29, 0.717) is 0 Å². The van der Waals surface area contributed by atoms with Gasteiger partial charge in [0.15, 0.2) is 0 Å². The van der Waals surface area contributed by atoms with Crippen LogP contribution in [0.25, 0.3) is 0 Å². The van der Waals surface area contributed by atoms with Gasteiger partial charge in [0.25, 0.3) is 0 Å². The summed E-state index contributed by atoms with van der Waals surface area (Å²) in [6.45, 7) is 6.37. The Kier molecular flexibility index (Phi) is 5.01. The number of aromatic nitrogens is 2. The molecule has 1 heterocycles. The van der Waals surface area contributed by atoms with Crippen LogP contribution in [-0.4, -0.2) is 25.2 Å². The third kappa shape index (κ3) is 3.99. The maximum absolute atomic E-state index is 5.96. The molecule has 1 aromatic carbocycles. The second kappa shape index (κ2) is 6.95.